The van der Waals surface area contributed by atoms with Crippen LogP contribution in [0.2, 0.25) is 0 Å². The molecule has 1 N–H and O–H groups in total. The molecule has 0 aromatic heterocycles. The maximum Gasteiger partial charge on any atom is 0.303 e. The van der Waals surface area contributed by atoms with Gasteiger partial charge in [0.05, 0.1) is 5.75 Å². The van der Waals surface area contributed by atoms with Crippen LogP contribution in [0.15, 0.2) is 30.3 Å². The summed E-state index contributed by atoms with van der Waals surface area (Å²) in [4.78, 5) is 10.4. The molecule has 0 spiro atoms. The van der Waals surface area contributed by atoms with Crippen LogP contribution in [0.4, 0.5) is 0 Å². The number of benzene rings is 1. The van der Waals surface area contributed by atoms with Gasteiger partial charge in [0.15, 0.2) is 9.84 Å². The summed E-state index contributed by atoms with van der Waals surface area (Å²) in [6.45, 7) is 0. The number of halogens is 1. The van der Waals surface area contributed by atoms with Gasteiger partial charge in [-0.15, -0.1) is 0 Å². The molecule has 0 aliphatic carbocycles. The van der Waals surface area contributed by atoms with Crippen molar-refractivity contribution in [3.8, 4) is 0 Å². The molecule has 4 nitrogen and oxygen atoms in total. The van der Waals surface area contributed by atoms with Crippen LogP contribution >= 0.6 is 15.9 Å². The average molecular weight is 363 g/mol. The number of sulfone groups is 1. The summed E-state index contributed by atoms with van der Waals surface area (Å²) in [6.07, 6.45) is 2.13. The van der Waals surface area contributed by atoms with Gasteiger partial charge in [0.25, 0.3) is 0 Å². The Morgan fingerprint density at radius 2 is 1.85 bits per heavy atom. The Bertz CT molecular complexity index is 513. The number of carboxylic acid groups (broad SMARTS) is 1. The van der Waals surface area contributed by atoms with Gasteiger partial charge < -0.3 is 5.11 Å². The number of unbranched alkanes of at least 4 members (excludes halogenated alkanes) is 1. The number of carbonyl (C=O) groups is 1. The molecular weight excluding hydrogens is 344 g/mol. The van der Waals surface area contributed by atoms with Gasteiger partial charge in [-0.3, -0.25) is 4.79 Å². The van der Waals surface area contributed by atoms with Crippen molar-refractivity contribution in [2.75, 3.05) is 5.75 Å². The van der Waals surface area contributed by atoms with Crippen molar-refractivity contribution < 1.29 is 18.3 Å². The molecule has 0 aliphatic heterocycles. The van der Waals surface area contributed by atoms with E-state index in [0.717, 1.165) is 5.56 Å². The van der Waals surface area contributed by atoms with Crippen LogP contribution in [0.25, 0.3) is 0 Å². The summed E-state index contributed by atoms with van der Waals surface area (Å²) in [6, 6.07) is 9.49. The molecule has 1 aromatic rings. The molecule has 1 unspecified atom stereocenters. The van der Waals surface area contributed by atoms with Gasteiger partial charge in [-0.1, -0.05) is 52.7 Å². The predicted molar refractivity (Wildman–Crippen MR) is 82.8 cm³/mol. The molecule has 0 amide bonds. The predicted octanol–water partition coefficient (Wildman–Crippen LogP) is 3.01. The van der Waals surface area contributed by atoms with Gasteiger partial charge in [0, 0.05) is 6.42 Å². The van der Waals surface area contributed by atoms with Crippen molar-refractivity contribution in [2.24, 2.45) is 0 Å². The lowest BCUT2D eigenvalue weighted by molar-refractivity contribution is -0.137. The van der Waals surface area contributed by atoms with Crippen LogP contribution in [-0.4, -0.2) is 29.4 Å². The molecule has 0 bridgehead atoms. The lowest BCUT2D eigenvalue weighted by atomic mass is 10.2. The van der Waals surface area contributed by atoms with Gasteiger partial charge in [0.1, 0.15) is 4.16 Å². The van der Waals surface area contributed by atoms with E-state index < -0.39 is 20.0 Å². The first-order chi connectivity index (χ1) is 9.42. The third-order valence-corrected chi connectivity index (χ3v) is 6.93. The first-order valence-corrected chi connectivity index (χ1v) is 9.16. The van der Waals surface area contributed by atoms with Crippen LogP contribution in [0, 0.1) is 0 Å². The third-order valence-electron chi connectivity index (χ3n) is 2.98. The molecule has 20 heavy (non-hydrogen) atoms. The highest BCUT2D eigenvalue weighted by molar-refractivity contribution is 9.11. The highest BCUT2D eigenvalue weighted by atomic mass is 79.9. The molecule has 1 atom stereocenters. The van der Waals surface area contributed by atoms with Crippen LogP contribution in [0.5, 0.6) is 0 Å². The number of hydrogen-bond acceptors (Lipinski definition) is 3. The number of alkyl halides is 1. The zero-order chi connectivity index (χ0) is 15.0. The van der Waals surface area contributed by atoms with Crippen LogP contribution in [-0.2, 0) is 21.1 Å². The third kappa shape index (κ3) is 6.52. The van der Waals surface area contributed by atoms with E-state index in [2.05, 4.69) is 15.9 Å². The summed E-state index contributed by atoms with van der Waals surface area (Å²) in [5, 5.41) is 8.52. The molecule has 112 valence electrons. The molecule has 0 heterocycles. The minimum atomic E-state index is -3.19. The Morgan fingerprint density at radius 3 is 2.45 bits per heavy atom. The van der Waals surface area contributed by atoms with Crippen LogP contribution in [0.1, 0.15) is 31.2 Å². The van der Waals surface area contributed by atoms with Gasteiger partial charge in [-0.25, -0.2) is 8.42 Å². The quantitative estimate of drug-likeness (QED) is 0.541. The van der Waals surface area contributed by atoms with Crippen LogP contribution in [0.3, 0.4) is 0 Å². The van der Waals surface area contributed by atoms with E-state index in [0.29, 0.717) is 25.7 Å². The number of aliphatic carboxylic acids is 1. The summed E-state index contributed by atoms with van der Waals surface area (Å²) in [5.41, 5.74) is 1.00. The Labute approximate surface area is 128 Å². The van der Waals surface area contributed by atoms with E-state index in [9.17, 15) is 13.2 Å². The number of rotatable bonds is 9. The lowest BCUT2D eigenvalue weighted by Crippen LogP contribution is -2.19. The number of hydrogen-bond donors (Lipinski definition) is 1. The highest BCUT2D eigenvalue weighted by Crippen LogP contribution is 2.19. The maximum absolute atomic E-state index is 12.1. The Balaban J connectivity index is 2.37. The van der Waals surface area contributed by atoms with Crippen molar-refractivity contribution in [3.63, 3.8) is 0 Å². The second kappa shape index (κ2) is 8.42. The molecule has 0 aliphatic rings. The number of aryl methyl sites for hydroxylation is 1. The molecule has 1 aromatic carbocycles. The molecule has 6 heteroatoms. The van der Waals surface area contributed by atoms with Gasteiger partial charge in [-0.05, 0) is 24.8 Å². The fraction of sp³-hybridized carbons (Fsp3) is 0.500. The zero-order valence-corrected chi connectivity index (χ0v) is 13.6. The second-order valence-corrected chi connectivity index (χ2v) is 8.67. The average Bonchev–Trinajstić information content (AvgIpc) is 2.42. The van der Waals surface area contributed by atoms with Crippen molar-refractivity contribution in [2.45, 2.75) is 36.3 Å². The fourth-order valence-electron chi connectivity index (χ4n) is 1.79. The highest BCUT2D eigenvalue weighted by Gasteiger charge is 2.21. The SMILES string of the molecule is O=C(O)CCCCC(Br)S(=O)(=O)CCc1ccccc1. The monoisotopic (exact) mass is 362 g/mol. The first-order valence-electron chi connectivity index (χ1n) is 6.53. The van der Waals surface area contributed by atoms with Crippen molar-refractivity contribution in [3.05, 3.63) is 35.9 Å². The molecule has 0 fully saturated rings. The fourth-order valence-corrected chi connectivity index (χ4v) is 3.98. The Kier molecular flexibility index (Phi) is 7.23. The second-order valence-electron chi connectivity index (χ2n) is 4.65. The Morgan fingerprint density at radius 1 is 1.20 bits per heavy atom. The minimum absolute atomic E-state index is 0.0871. The summed E-state index contributed by atoms with van der Waals surface area (Å²) in [7, 11) is -3.19. The topological polar surface area (TPSA) is 71.4 Å². The molecule has 0 saturated heterocycles. The normalized spacial score (nSPS) is 13.1. The minimum Gasteiger partial charge on any atom is -0.481 e. The molecule has 1 rings (SSSR count). The van der Waals surface area contributed by atoms with Gasteiger partial charge >= 0.3 is 5.97 Å². The smallest absolute Gasteiger partial charge is 0.303 e. The van der Waals surface area contributed by atoms with Crippen molar-refractivity contribution >= 4 is 31.7 Å². The van der Waals surface area contributed by atoms with E-state index in [1.54, 1.807) is 0 Å². The summed E-state index contributed by atoms with van der Waals surface area (Å²) >= 11 is 3.20. The van der Waals surface area contributed by atoms with E-state index >= 15 is 0 Å². The van der Waals surface area contributed by atoms with Gasteiger partial charge in [0.2, 0.25) is 0 Å². The standard InChI is InChI=1S/C14H19BrO4S/c15-13(8-4-5-9-14(16)17)20(18,19)11-10-12-6-2-1-3-7-12/h1-3,6-7,13H,4-5,8-11H2,(H,16,17). The molecular formula is C14H19BrO4S. The van der Waals surface area contributed by atoms with Crippen LogP contribution < -0.4 is 0 Å². The molecule has 0 saturated carbocycles. The van der Waals surface area contributed by atoms with E-state index in [-0.39, 0.29) is 12.2 Å². The molecule has 0 radical (unpaired) electrons. The largest absolute Gasteiger partial charge is 0.481 e. The Hall–Kier alpha value is -0.880. The number of carboxylic acids is 1. The lowest BCUT2D eigenvalue weighted by Gasteiger charge is -2.11. The van der Waals surface area contributed by atoms with Crippen molar-refractivity contribution in [1.29, 1.82) is 0 Å². The van der Waals surface area contributed by atoms with Gasteiger partial charge in [-0.2, -0.15) is 0 Å². The maximum atomic E-state index is 12.1. The van der Waals surface area contributed by atoms with Crippen molar-refractivity contribution in [1.82, 2.24) is 0 Å². The zero-order valence-electron chi connectivity index (χ0n) is 11.2. The van der Waals surface area contributed by atoms with E-state index in [1.807, 2.05) is 30.3 Å². The van der Waals surface area contributed by atoms with E-state index in [1.165, 1.54) is 0 Å². The van der Waals surface area contributed by atoms with E-state index in [4.69, 9.17) is 5.11 Å². The summed E-state index contributed by atoms with van der Waals surface area (Å²) < 4.78 is 23.5. The summed E-state index contributed by atoms with van der Waals surface area (Å²) in [5.74, 6) is -0.741. The first kappa shape index (κ1) is 17.2.